The Kier molecular flexibility index (Phi) is 5.62. The summed E-state index contributed by atoms with van der Waals surface area (Å²) in [6, 6.07) is 28.6. The molecule has 1 aliphatic heterocycles. The molecule has 0 fully saturated rings. The van der Waals surface area contributed by atoms with E-state index in [-0.39, 0.29) is 5.91 Å². The summed E-state index contributed by atoms with van der Waals surface area (Å²) in [4.78, 5) is 19.9. The zero-order chi connectivity index (χ0) is 19.2. The summed E-state index contributed by atoms with van der Waals surface area (Å²) >= 11 is 0. The highest BCUT2D eigenvalue weighted by molar-refractivity contribution is 6.11. The molecule has 0 aromatic heterocycles. The lowest BCUT2D eigenvalue weighted by molar-refractivity contribution is -0.131. The summed E-state index contributed by atoms with van der Waals surface area (Å²) < 4.78 is 0. The highest BCUT2D eigenvalue weighted by Gasteiger charge is 2.21. The molecular weight excluding hydrogens is 344 g/mol. The van der Waals surface area contributed by atoms with Gasteiger partial charge in [0.15, 0.2) is 0 Å². The molecule has 0 saturated carbocycles. The molecule has 4 rings (SSSR count). The van der Waals surface area contributed by atoms with Gasteiger partial charge in [0, 0.05) is 19.6 Å². The van der Waals surface area contributed by atoms with E-state index in [2.05, 4.69) is 47.5 Å². The van der Waals surface area contributed by atoms with Gasteiger partial charge in [-0.2, -0.15) is 0 Å². The number of hydrogen-bond acceptors (Lipinski definition) is 2. The van der Waals surface area contributed by atoms with Crippen molar-refractivity contribution in [3.63, 3.8) is 0 Å². The molecule has 0 N–H and O–H groups in total. The van der Waals surface area contributed by atoms with Gasteiger partial charge in [0.1, 0.15) is 0 Å². The summed E-state index contributed by atoms with van der Waals surface area (Å²) in [6.07, 6.45) is 1.29. The van der Waals surface area contributed by atoms with Crippen LogP contribution in [0.5, 0.6) is 0 Å². The van der Waals surface area contributed by atoms with Crippen LogP contribution in [0.15, 0.2) is 89.9 Å². The van der Waals surface area contributed by atoms with Crippen LogP contribution in [0.1, 0.15) is 28.7 Å². The Morgan fingerprint density at radius 2 is 1.36 bits per heavy atom. The van der Waals surface area contributed by atoms with E-state index in [1.165, 1.54) is 5.56 Å². The van der Waals surface area contributed by atoms with Crippen molar-refractivity contribution in [1.29, 1.82) is 0 Å². The van der Waals surface area contributed by atoms with E-state index in [4.69, 9.17) is 0 Å². The minimum Gasteiger partial charge on any atom is -0.334 e. The molecule has 0 spiro atoms. The van der Waals surface area contributed by atoms with Crippen LogP contribution in [0.2, 0.25) is 0 Å². The monoisotopic (exact) mass is 368 g/mol. The fourth-order valence-corrected chi connectivity index (χ4v) is 3.66. The van der Waals surface area contributed by atoms with Crippen molar-refractivity contribution in [3.05, 3.63) is 107 Å². The number of aliphatic imine (C=N–C) groups is 1. The summed E-state index contributed by atoms with van der Waals surface area (Å²) in [5.41, 5.74) is 5.60. The predicted molar refractivity (Wildman–Crippen MR) is 113 cm³/mol. The lowest BCUT2D eigenvalue weighted by atomic mass is 9.95. The maximum Gasteiger partial charge on any atom is 0.229 e. The minimum atomic E-state index is 0.114. The second-order valence-corrected chi connectivity index (χ2v) is 7.13. The molecular formula is C25H24N2O. The molecule has 1 aliphatic rings. The zero-order valence-electron chi connectivity index (χ0n) is 15.9. The van der Waals surface area contributed by atoms with Crippen LogP contribution in [0, 0.1) is 0 Å². The Balaban J connectivity index is 1.55. The zero-order valence-corrected chi connectivity index (χ0v) is 15.9. The van der Waals surface area contributed by atoms with Crippen LogP contribution < -0.4 is 0 Å². The van der Waals surface area contributed by atoms with Gasteiger partial charge in [-0.15, -0.1) is 0 Å². The second-order valence-electron chi connectivity index (χ2n) is 7.13. The van der Waals surface area contributed by atoms with Gasteiger partial charge in [0.2, 0.25) is 5.91 Å². The van der Waals surface area contributed by atoms with E-state index in [1.54, 1.807) is 0 Å². The molecule has 0 unspecified atom stereocenters. The molecule has 0 saturated heterocycles. The third-order valence-electron chi connectivity index (χ3n) is 5.12. The van der Waals surface area contributed by atoms with Crippen molar-refractivity contribution >= 4 is 11.6 Å². The van der Waals surface area contributed by atoms with Gasteiger partial charge in [0.05, 0.1) is 12.1 Å². The van der Waals surface area contributed by atoms with Crippen molar-refractivity contribution in [2.75, 3.05) is 6.54 Å². The standard InChI is InChI=1S/C25H24N2O/c28-25(17-24-23-14-8-7-13-22(23)15-16-26-24)27(18-20-9-3-1-4-10-20)19-21-11-5-2-6-12-21/h1-14H,15-19H2. The third kappa shape index (κ3) is 4.37. The number of benzene rings is 3. The molecule has 0 radical (unpaired) electrons. The van der Waals surface area contributed by atoms with Gasteiger partial charge in [0.25, 0.3) is 0 Å². The smallest absolute Gasteiger partial charge is 0.229 e. The Morgan fingerprint density at radius 1 is 0.786 bits per heavy atom. The molecule has 0 bridgehead atoms. The molecule has 3 aromatic rings. The topological polar surface area (TPSA) is 32.7 Å². The first-order valence-corrected chi connectivity index (χ1v) is 9.77. The van der Waals surface area contributed by atoms with Gasteiger partial charge in [-0.3, -0.25) is 9.79 Å². The van der Waals surface area contributed by atoms with E-state index in [0.717, 1.165) is 35.4 Å². The van der Waals surface area contributed by atoms with Crippen molar-refractivity contribution in [2.24, 2.45) is 4.99 Å². The van der Waals surface area contributed by atoms with E-state index < -0.39 is 0 Å². The fraction of sp³-hybridized carbons (Fsp3) is 0.200. The van der Waals surface area contributed by atoms with Crippen LogP contribution in [0.3, 0.4) is 0 Å². The Bertz CT molecular complexity index is 923. The van der Waals surface area contributed by atoms with E-state index in [9.17, 15) is 4.79 Å². The van der Waals surface area contributed by atoms with Crippen molar-refractivity contribution in [3.8, 4) is 0 Å². The van der Waals surface area contributed by atoms with Gasteiger partial charge in [-0.05, 0) is 28.7 Å². The van der Waals surface area contributed by atoms with E-state index in [0.29, 0.717) is 19.5 Å². The number of fused-ring (bicyclic) bond motifs is 1. The Labute approximate surface area is 166 Å². The molecule has 3 heteroatoms. The molecule has 3 nitrogen and oxygen atoms in total. The summed E-state index contributed by atoms with van der Waals surface area (Å²) in [6.45, 7) is 1.96. The quantitative estimate of drug-likeness (QED) is 0.623. The maximum absolute atomic E-state index is 13.3. The molecule has 3 aromatic carbocycles. The Morgan fingerprint density at radius 3 is 2.00 bits per heavy atom. The normalized spacial score (nSPS) is 12.8. The number of hydrogen-bond donors (Lipinski definition) is 0. The van der Waals surface area contributed by atoms with Crippen molar-refractivity contribution in [2.45, 2.75) is 25.9 Å². The molecule has 0 aliphatic carbocycles. The lowest BCUT2D eigenvalue weighted by Crippen LogP contribution is -2.32. The largest absolute Gasteiger partial charge is 0.334 e. The number of carbonyl (C=O) groups excluding carboxylic acids is 1. The highest BCUT2D eigenvalue weighted by atomic mass is 16.2. The second kappa shape index (κ2) is 8.66. The van der Waals surface area contributed by atoms with Crippen LogP contribution in [-0.4, -0.2) is 23.1 Å². The summed E-state index contributed by atoms with van der Waals surface area (Å²) in [5.74, 6) is 0.114. The van der Waals surface area contributed by atoms with Crippen LogP contribution in [0.25, 0.3) is 0 Å². The average molecular weight is 368 g/mol. The fourth-order valence-electron chi connectivity index (χ4n) is 3.66. The van der Waals surface area contributed by atoms with Crippen molar-refractivity contribution < 1.29 is 4.79 Å². The first-order valence-electron chi connectivity index (χ1n) is 9.77. The first-order chi connectivity index (χ1) is 13.8. The minimum absolute atomic E-state index is 0.114. The summed E-state index contributed by atoms with van der Waals surface area (Å²) in [5, 5.41) is 0. The molecule has 0 atom stereocenters. The summed E-state index contributed by atoms with van der Waals surface area (Å²) in [7, 11) is 0. The van der Waals surface area contributed by atoms with Gasteiger partial charge in [-0.25, -0.2) is 0 Å². The predicted octanol–water partition coefficient (Wildman–Crippen LogP) is 4.65. The van der Waals surface area contributed by atoms with E-state index >= 15 is 0 Å². The number of amides is 1. The maximum atomic E-state index is 13.3. The molecule has 28 heavy (non-hydrogen) atoms. The Hall–Kier alpha value is -3.20. The SMILES string of the molecule is O=C(CC1=NCCc2ccccc21)N(Cc1ccccc1)Cc1ccccc1. The highest BCUT2D eigenvalue weighted by Crippen LogP contribution is 2.19. The molecule has 1 amide bonds. The third-order valence-corrected chi connectivity index (χ3v) is 5.12. The molecule has 1 heterocycles. The lowest BCUT2D eigenvalue weighted by Gasteiger charge is -2.25. The number of rotatable bonds is 6. The van der Waals surface area contributed by atoms with Gasteiger partial charge >= 0.3 is 0 Å². The first kappa shape index (κ1) is 18.2. The number of carbonyl (C=O) groups is 1. The average Bonchev–Trinajstić information content (AvgIpc) is 2.75. The van der Waals surface area contributed by atoms with Gasteiger partial charge < -0.3 is 4.90 Å². The van der Waals surface area contributed by atoms with Crippen molar-refractivity contribution in [1.82, 2.24) is 4.90 Å². The van der Waals surface area contributed by atoms with Crippen LogP contribution >= 0.6 is 0 Å². The van der Waals surface area contributed by atoms with Crippen LogP contribution in [0.4, 0.5) is 0 Å². The van der Waals surface area contributed by atoms with E-state index in [1.807, 2.05) is 47.4 Å². The number of nitrogens with zero attached hydrogens (tertiary/aromatic N) is 2. The molecule has 140 valence electrons. The van der Waals surface area contributed by atoms with Gasteiger partial charge in [-0.1, -0.05) is 84.9 Å². The van der Waals surface area contributed by atoms with Crippen LogP contribution in [-0.2, 0) is 24.3 Å².